The van der Waals surface area contributed by atoms with Crippen molar-refractivity contribution in [3.63, 3.8) is 0 Å². The van der Waals surface area contributed by atoms with Crippen LogP contribution in [0.4, 0.5) is 0 Å². The number of aromatic hydroxyl groups is 3. The molecule has 0 radical (unpaired) electrons. The van der Waals surface area contributed by atoms with Crippen LogP contribution in [0, 0.1) is 0 Å². The second-order valence-electron chi connectivity index (χ2n) is 7.22. The molecular weight excluding hydrogens is 420 g/mol. The monoisotopic (exact) mass is 446 g/mol. The lowest BCUT2D eigenvalue weighted by Gasteiger charge is -2.23. The maximum absolute atomic E-state index is 13.1. The van der Waals surface area contributed by atoms with Gasteiger partial charge >= 0.3 is 0 Å². The Bertz CT molecular complexity index is 975. The van der Waals surface area contributed by atoms with Gasteiger partial charge in [0, 0.05) is 37.3 Å². The van der Waals surface area contributed by atoms with Crippen LogP contribution < -0.4 is 14.2 Å². The normalized spacial score (nSPS) is 14.0. The topological polar surface area (TPSA) is 129 Å². The van der Waals surface area contributed by atoms with Crippen molar-refractivity contribution < 1.29 is 39.1 Å². The highest BCUT2D eigenvalue weighted by atomic mass is 16.5. The summed E-state index contributed by atoms with van der Waals surface area (Å²) >= 11 is 0. The molecule has 32 heavy (non-hydrogen) atoms. The second kappa shape index (κ2) is 9.54. The fraction of sp³-hybridized carbons (Fsp3) is 0.364. The van der Waals surface area contributed by atoms with E-state index in [9.17, 15) is 24.9 Å². The van der Waals surface area contributed by atoms with Crippen LogP contribution in [0.3, 0.4) is 0 Å². The number of benzene rings is 2. The smallest absolute Gasteiger partial charge is 0.254 e. The summed E-state index contributed by atoms with van der Waals surface area (Å²) in [5.41, 5.74) is 0.412. The molecule has 1 saturated heterocycles. The Hall–Kier alpha value is -3.82. The van der Waals surface area contributed by atoms with Gasteiger partial charge in [-0.15, -0.1) is 0 Å². The maximum atomic E-state index is 13.1. The van der Waals surface area contributed by atoms with Gasteiger partial charge in [0.25, 0.3) is 11.8 Å². The van der Waals surface area contributed by atoms with E-state index >= 15 is 0 Å². The Kier molecular flexibility index (Phi) is 6.82. The van der Waals surface area contributed by atoms with Gasteiger partial charge in [0.2, 0.25) is 5.75 Å². The minimum absolute atomic E-state index is 0.0437. The third-order valence-corrected chi connectivity index (χ3v) is 5.30. The van der Waals surface area contributed by atoms with E-state index in [1.165, 1.54) is 26.2 Å². The minimum atomic E-state index is -0.681. The van der Waals surface area contributed by atoms with Crippen LogP contribution in [0.1, 0.15) is 27.1 Å². The molecule has 2 aromatic rings. The number of carbonyl (C=O) groups is 2. The molecule has 172 valence electrons. The van der Waals surface area contributed by atoms with E-state index in [0.717, 1.165) is 12.1 Å². The molecule has 10 nitrogen and oxygen atoms in total. The number of phenolic OH excluding ortho intramolecular Hbond substituents is 3. The van der Waals surface area contributed by atoms with Gasteiger partial charge in [0.1, 0.15) is 0 Å². The number of rotatable bonds is 5. The van der Waals surface area contributed by atoms with Gasteiger partial charge in [-0.3, -0.25) is 9.59 Å². The van der Waals surface area contributed by atoms with Crippen molar-refractivity contribution in [2.24, 2.45) is 0 Å². The van der Waals surface area contributed by atoms with Gasteiger partial charge in [-0.05, 0) is 30.7 Å². The summed E-state index contributed by atoms with van der Waals surface area (Å²) in [5.74, 6) is -1.37. The SMILES string of the molecule is COc1cc(C(=O)N2CCCN(C(=O)c3cc(O)c(O)c(O)c3)CC2)cc(OC)c1OC. The Morgan fingerprint density at radius 2 is 1.16 bits per heavy atom. The molecule has 0 aliphatic carbocycles. The zero-order valence-corrected chi connectivity index (χ0v) is 18.1. The van der Waals surface area contributed by atoms with Crippen LogP contribution in [-0.4, -0.2) is 84.4 Å². The summed E-state index contributed by atoms with van der Waals surface area (Å²) in [5, 5.41) is 28.9. The van der Waals surface area contributed by atoms with Crippen LogP contribution in [-0.2, 0) is 0 Å². The van der Waals surface area contributed by atoms with Crippen molar-refractivity contribution in [3.8, 4) is 34.5 Å². The first kappa shape index (κ1) is 22.9. The highest BCUT2D eigenvalue weighted by molar-refractivity contribution is 5.97. The van der Waals surface area contributed by atoms with Gasteiger partial charge in [-0.1, -0.05) is 0 Å². The molecule has 1 aliphatic rings. The van der Waals surface area contributed by atoms with Crippen molar-refractivity contribution in [3.05, 3.63) is 35.4 Å². The number of hydrogen-bond acceptors (Lipinski definition) is 8. The molecule has 3 rings (SSSR count). The van der Waals surface area contributed by atoms with Crippen LogP contribution in [0.5, 0.6) is 34.5 Å². The van der Waals surface area contributed by atoms with Gasteiger partial charge < -0.3 is 39.3 Å². The van der Waals surface area contributed by atoms with E-state index in [-0.39, 0.29) is 24.6 Å². The molecule has 0 spiro atoms. The standard InChI is InChI=1S/C22H26N2O8/c1-30-17-11-14(12-18(31-2)20(17)32-3)22(29)24-6-4-5-23(7-8-24)21(28)13-9-15(25)19(27)16(26)10-13/h9-12,25-27H,4-8H2,1-3H3. The Morgan fingerprint density at radius 1 is 0.719 bits per heavy atom. The predicted octanol–water partition coefficient (Wildman–Crippen LogP) is 1.82. The number of nitrogens with zero attached hydrogens (tertiary/aromatic N) is 2. The average Bonchev–Trinajstić information content (AvgIpc) is 3.06. The van der Waals surface area contributed by atoms with Crippen molar-refractivity contribution in [1.29, 1.82) is 0 Å². The lowest BCUT2D eigenvalue weighted by molar-refractivity contribution is 0.0718. The summed E-state index contributed by atoms with van der Waals surface area (Å²) in [4.78, 5) is 29.1. The van der Waals surface area contributed by atoms with E-state index in [4.69, 9.17) is 14.2 Å². The molecule has 10 heteroatoms. The van der Waals surface area contributed by atoms with E-state index in [1.807, 2.05) is 0 Å². The molecule has 1 heterocycles. The fourth-order valence-corrected chi connectivity index (χ4v) is 3.62. The molecule has 0 atom stereocenters. The lowest BCUT2D eigenvalue weighted by atomic mass is 10.1. The number of amides is 2. The fourth-order valence-electron chi connectivity index (χ4n) is 3.62. The first-order valence-electron chi connectivity index (χ1n) is 9.94. The summed E-state index contributed by atoms with van der Waals surface area (Å²) in [6.07, 6.45) is 0.540. The van der Waals surface area contributed by atoms with E-state index in [1.54, 1.807) is 17.0 Å². The highest BCUT2D eigenvalue weighted by Gasteiger charge is 2.26. The summed E-state index contributed by atoms with van der Waals surface area (Å²) in [6.45, 7) is 1.38. The van der Waals surface area contributed by atoms with E-state index in [2.05, 4.69) is 0 Å². The summed E-state index contributed by atoms with van der Waals surface area (Å²) < 4.78 is 15.9. The molecule has 2 amide bonds. The average molecular weight is 446 g/mol. The van der Waals surface area contributed by atoms with Crippen molar-refractivity contribution in [2.45, 2.75) is 6.42 Å². The number of carbonyl (C=O) groups excluding carboxylic acids is 2. The Balaban J connectivity index is 1.77. The molecule has 0 unspecified atom stereocenters. The molecule has 0 saturated carbocycles. The first-order valence-corrected chi connectivity index (χ1v) is 9.94. The van der Waals surface area contributed by atoms with Crippen LogP contribution in [0.25, 0.3) is 0 Å². The highest BCUT2D eigenvalue weighted by Crippen LogP contribution is 2.39. The quantitative estimate of drug-likeness (QED) is 0.593. The molecule has 3 N–H and O–H groups in total. The van der Waals surface area contributed by atoms with E-state index in [0.29, 0.717) is 42.3 Å². The van der Waals surface area contributed by atoms with Gasteiger partial charge in [-0.2, -0.15) is 0 Å². The molecular formula is C22H26N2O8. The number of phenols is 3. The third kappa shape index (κ3) is 4.43. The van der Waals surface area contributed by atoms with E-state index < -0.39 is 23.2 Å². The Labute approximate surface area is 185 Å². The summed E-state index contributed by atoms with van der Waals surface area (Å²) in [7, 11) is 4.43. The zero-order valence-electron chi connectivity index (χ0n) is 18.1. The van der Waals surface area contributed by atoms with Crippen LogP contribution in [0.15, 0.2) is 24.3 Å². The van der Waals surface area contributed by atoms with Crippen LogP contribution >= 0.6 is 0 Å². The molecule has 1 fully saturated rings. The van der Waals surface area contributed by atoms with Crippen LogP contribution in [0.2, 0.25) is 0 Å². The Morgan fingerprint density at radius 3 is 1.56 bits per heavy atom. The maximum Gasteiger partial charge on any atom is 0.254 e. The second-order valence-corrected chi connectivity index (χ2v) is 7.22. The van der Waals surface area contributed by atoms with Crippen molar-refractivity contribution in [2.75, 3.05) is 47.5 Å². The largest absolute Gasteiger partial charge is 0.504 e. The van der Waals surface area contributed by atoms with Gasteiger partial charge in [-0.25, -0.2) is 0 Å². The first-order chi connectivity index (χ1) is 15.3. The number of methoxy groups -OCH3 is 3. The van der Waals surface area contributed by atoms with Gasteiger partial charge in [0.05, 0.1) is 21.3 Å². The molecule has 1 aliphatic heterocycles. The van der Waals surface area contributed by atoms with Gasteiger partial charge in [0.15, 0.2) is 28.7 Å². The predicted molar refractivity (Wildman–Crippen MR) is 114 cm³/mol. The molecule has 0 aromatic heterocycles. The number of ether oxygens (including phenoxy) is 3. The third-order valence-electron chi connectivity index (χ3n) is 5.30. The number of hydrogen-bond donors (Lipinski definition) is 3. The lowest BCUT2D eigenvalue weighted by Crippen LogP contribution is -2.37. The van der Waals surface area contributed by atoms with Crippen molar-refractivity contribution >= 4 is 11.8 Å². The zero-order chi connectivity index (χ0) is 23.4. The molecule has 0 bridgehead atoms. The minimum Gasteiger partial charge on any atom is -0.504 e. The summed E-state index contributed by atoms with van der Waals surface area (Å²) in [6, 6.07) is 5.36. The molecule has 2 aromatic carbocycles. The van der Waals surface area contributed by atoms with Crippen molar-refractivity contribution in [1.82, 2.24) is 9.80 Å².